The molecule has 0 radical (unpaired) electrons. The Bertz CT molecular complexity index is 506. The zero-order valence-electron chi connectivity index (χ0n) is 13.9. The van der Waals surface area contributed by atoms with Crippen LogP contribution in [0.4, 0.5) is 0 Å². The van der Waals surface area contributed by atoms with Crippen molar-refractivity contribution in [2.24, 2.45) is 5.73 Å². The summed E-state index contributed by atoms with van der Waals surface area (Å²) in [5.41, 5.74) is 7.60. The second-order valence-corrected chi connectivity index (χ2v) is 7.57. The number of amides is 2. The Morgan fingerprint density at radius 2 is 1.77 bits per heavy atom. The number of carbonyl (C=O) groups is 2. The number of carbonyl (C=O) groups excluding carboxylic acids is 2. The van der Waals surface area contributed by atoms with E-state index in [-0.39, 0.29) is 23.0 Å². The van der Waals surface area contributed by atoms with Crippen molar-refractivity contribution in [3.05, 3.63) is 35.4 Å². The minimum atomic E-state index is -0.343. The van der Waals surface area contributed by atoms with Crippen LogP contribution in [0.2, 0.25) is 0 Å². The number of thioether (sulfide) groups is 1. The molecule has 1 rings (SSSR count). The van der Waals surface area contributed by atoms with Gasteiger partial charge in [-0.1, -0.05) is 45.0 Å². The van der Waals surface area contributed by atoms with Crippen molar-refractivity contribution < 1.29 is 9.59 Å². The smallest absolute Gasteiger partial charge is 0.227 e. The Kier molecular flexibility index (Phi) is 6.94. The Morgan fingerprint density at radius 3 is 2.27 bits per heavy atom. The molecule has 0 saturated carbocycles. The van der Waals surface area contributed by atoms with E-state index in [4.69, 9.17) is 5.73 Å². The predicted octanol–water partition coefficient (Wildman–Crippen LogP) is 2.55. The van der Waals surface area contributed by atoms with E-state index in [0.717, 1.165) is 5.56 Å². The fourth-order valence-electron chi connectivity index (χ4n) is 2.00. The molecule has 2 amide bonds. The first-order chi connectivity index (χ1) is 10.2. The van der Waals surface area contributed by atoms with Crippen LogP contribution in [0.3, 0.4) is 0 Å². The van der Waals surface area contributed by atoms with Gasteiger partial charge in [0.1, 0.15) is 0 Å². The fraction of sp³-hybridized carbons (Fsp3) is 0.529. The summed E-state index contributed by atoms with van der Waals surface area (Å²) >= 11 is 1.40. The van der Waals surface area contributed by atoms with E-state index >= 15 is 0 Å². The molecule has 0 heterocycles. The Balaban J connectivity index is 2.45. The van der Waals surface area contributed by atoms with Gasteiger partial charge in [-0.25, -0.2) is 0 Å². The van der Waals surface area contributed by atoms with E-state index in [1.54, 1.807) is 11.9 Å². The summed E-state index contributed by atoms with van der Waals surface area (Å²) in [6.45, 7) is 7.15. The van der Waals surface area contributed by atoms with Crippen molar-refractivity contribution in [2.45, 2.75) is 39.2 Å². The normalized spacial score (nSPS) is 11.3. The first-order valence-electron chi connectivity index (χ1n) is 7.39. The lowest BCUT2D eigenvalue weighted by Crippen LogP contribution is -2.26. The quantitative estimate of drug-likeness (QED) is 0.785. The van der Waals surface area contributed by atoms with Crippen LogP contribution in [0.15, 0.2) is 24.3 Å². The molecule has 0 aliphatic carbocycles. The van der Waals surface area contributed by atoms with Crippen LogP contribution in [0.1, 0.15) is 38.3 Å². The van der Waals surface area contributed by atoms with Gasteiger partial charge in [-0.15, -0.1) is 0 Å². The summed E-state index contributed by atoms with van der Waals surface area (Å²) in [7, 11) is 1.80. The Morgan fingerprint density at radius 1 is 1.18 bits per heavy atom. The molecular weight excluding hydrogens is 296 g/mol. The molecule has 2 N–H and O–H groups in total. The molecule has 1 aromatic carbocycles. The van der Waals surface area contributed by atoms with Gasteiger partial charge in [0, 0.05) is 25.8 Å². The highest BCUT2D eigenvalue weighted by atomic mass is 32.2. The topological polar surface area (TPSA) is 63.4 Å². The van der Waals surface area contributed by atoms with Crippen LogP contribution in [-0.2, 0) is 21.5 Å². The van der Waals surface area contributed by atoms with Crippen LogP contribution in [0.25, 0.3) is 0 Å². The second kappa shape index (κ2) is 8.22. The number of hydrogen-bond acceptors (Lipinski definition) is 3. The number of hydrogen-bond donors (Lipinski definition) is 1. The standard InChI is InChI=1S/C17H26N2O2S/c1-17(2,3)14-7-5-13(6-8-14)11-19(4)16(21)9-10-22-12-15(18)20/h5-8H,9-12H2,1-4H3,(H2,18,20). The third-order valence-electron chi connectivity index (χ3n) is 3.37. The highest BCUT2D eigenvalue weighted by Gasteiger charge is 2.14. The number of benzene rings is 1. The zero-order valence-corrected chi connectivity index (χ0v) is 14.7. The van der Waals surface area contributed by atoms with Crippen molar-refractivity contribution in [1.82, 2.24) is 4.90 Å². The Labute approximate surface area is 137 Å². The second-order valence-electron chi connectivity index (χ2n) is 6.47. The third-order valence-corrected chi connectivity index (χ3v) is 4.35. The molecule has 22 heavy (non-hydrogen) atoms. The van der Waals surface area contributed by atoms with Gasteiger partial charge in [0.25, 0.3) is 0 Å². The van der Waals surface area contributed by atoms with Crippen molar-refractivity contribution in [1.29, 1.82) is 0 Å². The van der Waals surface area contributed by atoms with Crippen molar-refractivity contribution >= 4 is 23.6 Å². The van der Waals surface area contributed by atoms with E-state index in [0.29, 0.717) is 18.7 Å². The van der Waals surface area contributed by atoms with E-state index in [1.165, 1.54) is 17.3 Å². The van der Waals surface area contributed by atoms with Gasteiger partial charge >= 0.3 is 0 Å². The molecule has 0 saturated heterocycles. The minimum absolute atomic E-state index is 0.0804. The third kappa shape index (κ3) is 6.52. The molecule has 0 atom stereocenters. The van der Waals surface area contributed by atoms with Gasteiger partial charge in [0.15, 0.2) is 0 Å². The minimum Gasteiger partial charge on any atom is -0.369 e. The Hall–Kier alpha value is -1.49. The predicted molar refractivity (Wildman–Crippen MR) is 92.8 cm³/mol. The lowest BCUT2D eigenvalue weighted by molar-refractivity contribution is -0.130. The molecule has 0 aromatic heterocycles. The maximum absolute atomic E-state index is 12.0. The van der Waals surface area contributed by atoms with Crippen LogP contribution >= 0.6 is 11.8 Å². The molecular formula is C17H26N2O2S. The first kappa shape index (κ1) is 18.6. The average molecular weight is 322 g/mol. The molecule has 0 bridgehead atoms. The lowest BCUT2D eigenvalue weighted by Gasteiger charge is -2.21. The fourth-order valence-corrected chi connectivity index (χ4v) is 2.66. The van der Waals surface area contributed by atoms with Crippen LogP contribution in [0, 0.1) is 0 Å². The van der Waals surface area contributed by atoms with E-state index in [1.807, 2.05) is 0 Å². The van der Waals surface area contributed by atoms with E-state index in [9.17, 15) is 9.59 Å². The van der Waals surface area contributed by atoms with Gasteiger partial charge in [-0.3, -0.25) is 9.59 Å². The maximum Gasteiger partial charge on any atom is 0.227 e. The molecule has 122 valence electrons. The molecule has 0 aliphatic rings. The number of primary amides is 1. The van der Waals surface area contributed by atoms with Crippen molar-refractivity contribution in [3.8, 4) is 0 Å². The molecule has 0 unspecified atom stereocenters. The van der Waals surface area contributed by atoms with Gasteiger partial charge < -0.3 is 10.6 Å². The maximum atomic E-state index is 12.0. The highest BCUT2D eigenvalue weighted by molar-refractivity contribution is 7.99. The molecule has 0 fully saturated rings. The number of nitrogens with two attached hydrogens (primary N) is 1. The summed E-state index contributed by atoms with van der Waals surface area (Å²) < 4.78 is 0. The number of rotatable bonds is 7. The molecule has 4 nitrogen and oxygen atoms in total. The lowest BCUT2D eigenvalue weighted by atomic mass is 9.87. The largest absolute Gasteiger partial charge is 0.369 e. The summed E-state index contributed by atoms with van der Waals surface area (Å²) in [5.74, 6) is 0.627. The zero-order chi connectivity index (χ0) is 16.8. The van der Waals surface area contributed by atoms with Crippen LogP contribution in [0.5, 0.6) is 0 Å². The van der Waals surface area contributed by atoms with Gasteiger partial charge in [-0.2, -0.15) is 11.8 Å². The summed E-state index contributed by atoms with van der Waals surface area (Å²) in [6.07, 6.45) is 0.425. The average Bonchev–Trinajstić information content (AvgIpc) is 2.42. The summed E-state index contributed by atoms with van der Waals surface area (Å²) in [5, 5.41) is 0. The summed E-state index contributed by atoms with van der Waals surface area (Å²) in [6, 6.07) is 8.39. The molecule has 5 heteroatoms. The van der Waals surface area contributed by atoms with Crippen molar-refractivity contribution in [2.75, 3.05) is 18.6 Å². The van der Waals surface area contributed by atoms with Gasteiger partial charge in [0.2, 0.25) is 11.8 Å². The van der Waals surface area contributed by atoms with Crippen LogP contribution in [-0.4, -0.2) is 35.3 Å². The molecule has 0 spiro atoms. The van der Waals surface area contributed by atoms with Crippen LogP contribution < -0.4 is 5.73 Å². The summed E-state index contributed by atoms with van der Waals surface area (Å²) in [4.78, 5) is 24.4. The number of nitrogens with zero attached hydrogens (tertiary/aromatic N) is 1. The SMILES string of the molecule is CN(Cc1ccc(C(C)(C)C)cc1)C(=O)CCSCC(N)=O. The van der Waals surface area contributed by atoms with Crippen molar-refractivity contribution in [3.63, 3.8) is 0 Å². The van der Waals surface area contributed by atoms with E-state index in [2.05, 4.69) is 45.0 Å². The van der Waals surface area contributed by atoms with E-state index < -0.39 is 0 Å². The molecule has 0 aliphatic heterocycles. The van der Waals surface area contributed by atoms with Gasteiger partial charge in [0.05, 0.1) is 5.75 Å². The molecule has 1 aromatic rings. The highest BCUT2D eigenvalue weighted by Crippen LogP contribution is 2.22. The monoisotopic (exact) mass is 322 g/mol. The van der Waals surface area contributed by atoms with Gasteiger partial charge in [-0.05, 0) is 16.5 Å². The first-order valence-corrected chi connectivity index (χ1v) is 8.55.